The number of allylic oxidation sites excluding steroid dienone is 1. The number of carbonyl (C=O) groups is 2. The minimum Gasteiger partial charge on any atom is -0.490 e. The van der Waals surface area contributed by atoms with Crippen LogP contribution >= 0.6 is 35.6 Å². The second kappa shape index (κ2) is 13.0. The van der Waals surface area contributed by atoms with Crippen molar-refractivity contribution >= 4 is 57.8 Å². The van der Waals surface area contributed by atoms with E-state index in [0.717, 1.165) is 39.0 Å². The molecule has 1 saturated heterocycles. The van der Waals surface area contributed by atoms with Gasteiger partial charge in [0.25, 0.3) is 11.8 Å². The molecular weight excluding hydrogens is 552 g/mol. The highest BCUT2D eigenvalue weighted by Gasteiger charge is 2.34. The van der Waals surface area contributed by atoms with Gasteiger partial charge in [0.15, 0.2) is 15.8 Å². The number of ether oxygens (including phenoxy) is 2. The summed E-state index contributed by atoms with van der Waals surface area (Å²) in [5.41, 5.74) is 6.38. The van der Waals surface area contributed by atoms with Gasteiger partial charge in [-0.25, -0.2) is 0 Å². The lowest BCUT2D eigenvalue weighted by atomic mass is 10.0. The van der Waals surface area contributed by atoms with Crippen molar-refractivity contribution in [3.05, 3.63) is 111 Å². The number of rotatable bonds is 10. The van der Waals surface area contributed by atoms with Crippen LogP contribution in [0.25, 0.3) is 6.08 Å². The summed E-state index contributed by atoms with van der Waals surface area (Å²) >= 11 is 12.7. The molecule has 2 amide bonds. The largest absolute Gasteiger partial charge is 0.490 e. The lowest BCUT2D eigenvalue weighted by Crippen LogP contribution is -2.44. The summed E-state index contributed by atoms with van der Waals surface area (Å²) in [5, 5.41) is 1.36. The van der Waals surface area contributed by atoms with Gasteiger partial charge in [-0.3, -0.25) is 15.0 Å². The van der Waals surface area contributed by atoms with E-state index in [1.165, 1.54) is 0 Å². The monoisotopic (exact) mass is 578 g/mol. The Bertz CT molecular complexity index is 1460. The molecule has 4 rings (SSSR count). The van der Waals surface area contributed by atoms with Gasteiger partial charge in [0.2, 0.25) is 0 Å². The second-order valence-corrected chi connectivity index (χ2v) is 10.7. The Kier molecular flexibility index (Phi) is 9.45. The van der Waals surface area contributed by atoms with Gasteiger partial charge in [0, 0.05) is 5.56 Å². The number of nitrogens with zero attached hydrogens (tertiary/aromatic N) is 1. The van der Waals surface area contributed by atoms with E-state index in [1.54, 1.807) is 30.4 Å². The van der Waals surface area contributed by atoms with Gasteiger partial charge in [-0.15, -0.1) is 6.58 Å². The normalized spacial score (nSPS) is 14.0. The number of thiocarbonyl (C=S) groups is 1. The summed E-state index contributed by atoms with van der Waals surface area (Å²) in [6.07, 6.45) is 4.05. The number of halogens is 1. The van der Waals surface area contributed by atoms with Crippen LogP contribution < -0.4 is 14.9 Å². The first-order valence-corrected chi connectivity index (χ1v) is 13.8. The summed E-state index contributed by atoms with van der Waals surface area (Å²) in [5.74, 6) is 0.239. The maximum Gasteiger partial charge on any atom is 0.285 e. The molecule has 39 heavy (non-hydrogen) atoms. The molecule has 1 aliphatic heterocycles. The number of benzene rings is 3. The zero-order valence-electron chi connectivity index (χ0n) is 21.5. The number of thioether (sulfide) groups is 1. The predicted octanol–water partition coefficient (Wildman–Crippen LogP) is 6.90. The van der Waals surface area contributed by atoms with Crippen LogP contribution in [0.3, 0.4) is 0 Å². The van der Waals surface area contributed by atoms with Crippen molar-refractivity contribution in [2.75, 3.05) is 6.61 Å². The van der Waals surface area contributed by atoms with E-state index in [-0.39, 0.29) is 9.88 Å². The van der Waals surface area contributed by atoms with Gasteiger partial charge < -0.3 is 9.47 Å². The van der Waals surface area contributed by atoms with Gasteiger partial charge in [0.1, 0.15) is 6.61 Å². The molecule has 0 unspecified atom stereocenters. The Hall–Kier alpha value is -3.59. The summed E-state index contributed by atoms with van der Waals surface area (Å²) in [6, 6.07) is 18.7. The Morgan fingerprint density at radius 3 is 2.62 bits per heavy atom. The first-order valence-electron chi connectivity index (χ1n) is 12.2. The van der Waals surface area contributed by atoms with E-state index in [2.05, 4.69) is 12.0 Å². The first kappa shape index (κ1) is 28.4. The third kappa shape index (κ3) is 6.89. The van der Waals surface area contributed by atoms with Gasteiger partial charge in [0.05, 0.1) is 22.1 Å². The molecule has 0 atom stereocenters. The Balaban J connectivity index is 1.59. The van der Waals surface area contributed by atoms with Gasteiger partial charge >= 0.3 is 0 Å². The summed E-state index contributed by atoms with van der Waals surface area (Å²) < 4.78 is 12.3. The molecule has 200 valence electrons. The van der Waals surface area contributed by atoms with E-state index in [0.29, 0.717) is 41.1 Å². The molecule has 0 aliphatic carbocycles. The quantitative estimate of drug-likeness (QED) is 0.160. The summed E-state index contributed by atoms with van der Waals surface area (Å²) in [4.78, 5) is 26.4. The molecule has 0 saturated carbocycles. The van der Waals surface area contributed by atoms with Crippen LogP contribution in [-0.2, 0) is 17.8 Å². The number of hydrazine groups is 1. The first-order chi connectivity index (χ1) is 18.8. The molecule has 1 aliphatic rings. The van der Waals surface area contributed by atoms with Crippen molar-refractivity contribution in [1.29, 1.82) is 0 Å². The fourth-order valence-corrected chi connectivity index (χ4v) is 5.41. The standard InChI is InChI=1S/C30H27ClN2O4S2/c1-4-9-22-15-21(16-25(36-5-2)27(22)37-18-20-10-7-6-8-11-20)17-26-29(35)33(30(38)39-26)32-28(34)23-13-12-19(3)14-24(23)31/h4,6-8,10-17H,1,5,9,18H2,2-3H3,(H,32,34)/b26-17-. The number of hydrogen-bond donors (Lipinski definition) is 1. The Labute approximate surface area is 242 Å². The van der Waals surface area contributed by atoms with E-state index >= 15 is 0 Å². The van der Waals surface area contributed by atoms with Crippen molar-refractivity contribution in [2.24, 2.45) is 0 Å². The zero-order valence-corrected chi connectivity index (χ0v) is 23.9. The molecule has 9 heteroatoms. The summed E-state index contributed by atoms with van der Waals surface area (Å²) in [6.45, 7) is 8.47. The highest BCUT2D eigenvalue weighted by molar-refractivity contribution is 8.26. The maximum atomic E-state index is 13.2. The van der Waals surface area contributed by atoms with Crippen LogP contribution in [0.2, 0.25) is 5.02 Å². The highest BCUT2D eigenvalue weighted by atomic mass is 35.5. The van der Waals surface area contributed by atoms with E-state index < -0.39 is 11.8 Å². The molecule has 0 spiro atoms. The molecule has 3 aromatic rings. The van der Waals surface area contributed by atoms with E-state index in [1.807, 2.05) is 56.3 Å². The van der Waals surface area contributed by atoms with Crippen LogP contribution in [0, 0.1) is 6.92 Å². The Morgan fingerprint density at radius 2 is 1.92 bits per heavy atom. The number of nitrogens with one attached hydrogen (secondary N) is 1. The van der Waals surface area contributed by atoms with Crippen LogP contribution in [0.4, 0.5) is 0 Å². The van der Waals surface area contributed by atoms with Crippen LogP contribution in [0.1, 0.15) is 39.5 Å². The lowest BCUT2D eigenvalue weighted by molar-refractivity contribution is -0.123. The van der Waals surface area contributed by atoms with Crippen LogP contribution in [-0.4, -0.2) is 27.8 Å². The number of carbonyl (C=O) groups excluding carboxylic acids is 2. The zero-order chi connectivity index (χ0) is 27.9. The lowest BCUT2D eigenvalue weighted by Gasteiger charge is -2.17. The SMILES string of the molecule is C=CCc1cc(/C=C2\SC(=S)N(NC(=O)c3ccc(C)cc3Cl)C2=O)cc(OCC)c1OCc1ccccc1. The van der Waals surface area contributed by atoms with Crippen molar-refractivity contribution in [3.8, 4) is 11.5 Å². The Morgan fingerprint density at radius 1 is 1.15 bits per heavy atom. The van der Waals surface area contributed by atoms with E-state index in [4.69, 9.17) is 33.3 Å². The third-order valence-electron chi connectivity index (χ3n) is 5.72. The average Bonchev–Trinajstić information content (AvgIpc) is 3.16. The van der Waals surface area contributed by atoms with Crippen molar-refractivity contribution in [2.45, 2.75) is 26.9 Å². The minimum atomic E-state index is -0.524. The molecular formula is C30H27ClN2O4S2. The van der Waals surface area contributed by atoms with Crippen molar-refractivity contribution < 1.29 is 19.1 Å². The molecule has 0 bridgehead atoms. The topological polar surface area (TPSA) is 67.9 Å². The van der Waals surface area contributed by atoms with Gasteiger partial charge in [-0.1, -0.05) is 65.8 Å². The number of amides is 2. The van der Waals surface area contributed by atoms with E-state index in [9.17, 15) is 9.59 Å². The maximum absolute atomic E-state index is 13.2. The summed E-state index contributed by atoms with van der Waals surface area (Å²) in [7, 11) is 0. The van der Waals surface area contributed by atoms with Crippen molar-refractivity contribution in [3.63, 3.8) is 0 Å². The van der Waals surface area contributed by atoms with Crippen LogP contribution in [0.5, 0.6) is 11.5 Å². The minimum absolute atomic E-state index is 0.210. The second-order valence-electron chi connectivity index (χ2n) is 8.65. The average molecular weight is 579 g/mol. The molecule has 1 heterocycles. The highest BCUT2D eigenvalue weighted by Crippen LogP contribution is 2.37. The van der Waals surface area contributed by atoms with Gasteiger partial charge in [-0.05, 0) is 79.5 Å². The molecule has 3 aromatic carbocycles. The molecule has 6 nitrogen and oxygen atoms in total. The molecule has 1 N–H and O–H groups in total. The van der Waals surface area contributed by atoms with Crippen LogP contribution in [0.15, 0.2) is 78.2 Å². The predicted molar refractivity (Wildman–Crippen MR) is 161 cm³/mol. The molecule has 1 fully saturated rings. The van der Waals surface area contributed by atoms with Crippen molar-refractivity contribution in [1.82, 2.24) is 10.4 Å². The number of hydrogen-bond acceptors (Lipinski definition) is 6. The molecule has 0 aromatic heterocycles. The fourth-order valence-electron chi connectivity index (χ4n) is 3.91. The fraction of sp³-hybridized carbons (Fsp3) is 0.167. The molecule has 0 radical (unpaired) electrons. The smallest absolute Gasteiger partial charge is 0.285 e. The number of aryl methyl sites for hydroxylation is 1. The third-order valence-corrected chi connectivity index (χ3v) is 7.33. The van der Waals surface area contributed by atoms with Gasteiger partial charge in [-0.2, -0.15) is 5.01 Å².